The van der Waals surface area contributed by atoms with Gasteiger partial charge < -0.3 is 14.4 Å². The number of hydrogen-bond donors (Lipinski definition) is 1. The van der Waals surface area contributed by atoms with Crippen LogP contribution >= 0.6 is 0 Å². The number of imidazole rings is 1. The summed E-state index contributed by atoms with van der Waals surface area (Å²) in [6.45, 7) is 3.62. The number of ether oxygens (including phenoxy) is 1. The summed E-state index contributed by atoms with van der Waals surface area (Å²) in [5.41, 5.74) is 3.35. The highest BCUT2D eigenvalue weighted by Crippen LogP contribution is 2.32. The maximum atomic E-state index is 10.1. The second kappa shape index (κ2) is 6.31. The van der Waals surface area contributed by atoms with Gasteiger partial charge in [-0.15, -0.1) is 0 Å². The second-order valence-corrected chi connectivity index (χ2v) is 5.64. The molecule has 0 fully saturated rings. The molecule has 1 N–H and O–H groups in total. The number of benzene rings is 1. The lowest BCUT2D eigenvalue weighted by molar-refractivity contribution is 0.156. The molecule has 0 amide bonds. The van der Waals surface area contributed by atoms with E-state index in [0.29, 0.717) is 6.61 Å². The van der Waals surface area contributed by atoms with Crippen LogP contribution < -0.4 is 4.74 Å². The number of aliphatic hydroxyl groups is 1. The molecule has 4 nitrogen and oxygen atoms in total. The van der Waals surface area contributed by atoms with Gasteiger partial charge in [0.25, 0.3) is 0 Å². The quantitative estimate of drug-likeness (QED) is 0.918. The van der Waals surface area contributed by atoms with Crippen LogP contribution in [0.3, 0.4) is 0 Å². The van der Waals surface area contributed by atoms with E-state index in [2.05, 4.69) is 22.5 Å². The summed E-state index contributed by atoms with van der Waals surface area (Å²) in [5, 5.41) is 10.1. The molecule has 0 aliphatic heterocycles. The van der Waals surface area contributed by atoms with E-state index in [1.165, 1.54) is 5.56 Å². The minimum absolute atomic E-state index is 0.345. The van der Waals surface area contributed by atoms with E-state index in [0.717, 1.165) is 49.2 Å². The highest BCUT2D eigenvalue weighted by atomic mass is 16.5. The molecule has 0 saturated heterocycles. The van der Waals surface area contributed by atoms with Gasteiger partial charge in [-0.3, -0.25) is 0 Å². The van der Waals surface area contributed by atoms with Crippen molar-refractivity contribution < 1.29 is 9.84 Å². The molecule has 1 aromatic carbocycles. The van der Waals surface area contributed by atoms with Crippen molar-refractivity contribution in [2.45, 2.75) is 51.9 Å². The Morgan fingerprint density at radius 2 is 2.33 bits per heavy atom. The van der Waals surface area contributed by atoms with Gasteiger partial charge in [0.1, 0.15) is 12.4 Å². The summed E-state index contributed by atoms with van der Waals surface area (Å²) in [6.07, 6.45) is 7.39. The Labute approximate surface area is 125 Å². The molecule has 0 radical (unpaired) electrons. The molecule has 3 rings (SSSR count). The van der Waals surface area contributed by atoms with E-state index in [-0.39, 0.29) is 6.10 Å². The Morgan fingerprint density at radius 3 is 3.19 bits per heavy atom. The van der Waals surface area contributed by atoms with Crippen LogP contribution in [0.5, 0.6) is 5.75 Å². The lowest BCUT2D eigenvalue weighted by Gasteiger charge is -2.22. The van der Waals surface area contributed by atoms with Gasteiger partial charge in [-0.05, 0) is 48.9 Å². The predicted octanol–water partition coefficient (Wildman–Crippen LogP) is 3.24. The molecule has 1 unspecified atom stereocenters. The van der Waals surface area contributed by atoms with Crippen LogP contribution in [0.25, 0.3) is 0 Å². The summed E-state index contributed by atoms with van der Waals surface area (Å²) in [5.74, 6) is 0.818. The number of aromatic nitrogens is 2. The monoisotopic (exact) mass is 286 g/mol. The zero-order valence-electron chi connectivity index (χ0n) is 12.5. The highest BCUT2D eigenvalue weighted by molar-refractivity contribution is 5.38. The molecule has 1 aromatic heterocycles. The first-order chi connectivity index (χ1) is 10.3. The van der Waals surface area contributed by atoms with Gasteiger partial charge in [-0.25, -0.2) is 4.98 Å². The number of hydrogen-bond acceptors (Lipinski definition) is 3. The molecule has 112 valence electrons. The molecular weight excluding hydrogens is 264 g/mol. The predicted molar refractivity (Wildman–Crippen MR) is 81.2 cm³/mol. The topological polar surface area (TPSA) is 47.3 Å². The summed E-state index contributed by atoms with van der Waals surface area (Å²) >= 11 is 0. The van der Waals surface area contributed by atoms with Gasteiger partial charge in [0, 0.05) is 6.54 Å². The average Bonchev–Trinajstić information content (AvgIpc) is 2.93. The molecule has 2 aromatic rings. The zero-order chi connectivity index (χ0) is 14.7. The van der Waals surface area contributed by atoms with Crippen LogP contribution in [-0.2, 0) is 19.6 Å². The molecule has 4 heteroatoms. The Hall–Kier alpha value is -1.81. The third-order valence-electron chi connectivity index (χ3n) is 4.05. The van der Waals surface area contributed by atoms with E-state index < -0.39 is 0 Å². The highest BCUT2D eigenvalue weighted by Gasteiger charge is 2.18. The van der Waals surface area contributed by atoms with Crippen LogP contribution in [0.2, 0.25) is 0 Å². The van der Waals surface area contributed by atoms with E-state index in [9.17, 15) is 5.11 Å². The van der Waals surface area contributed by atoms with Gasteiger partial charge >= 0.3 is 0 Å². The van der Waals surface area contributed by atoms with Crippen LogP contribution in [0.4, 0.5) is 0 Å². The molecule has 1 aliphatic rings. The number of fused-ring (bicyclic) bond motifs is 1. The van der Waals surface area contributed by atoms with Crippen LogP contribution in [0.1, 0.15) is 49.1 Å². The van der Waals surface area contributed by atoms with Gasteiger partial charge in [-0.2, -0.15) is 0 Å². The van der Waals surface area contributed by atoms with Crippen molar-refractivity contribution in [1.82, 2.24) is 9.55 Å². The first-order valence-electron chi connectivity index (χ1n) is 7.70. The van der Waals surface area contributed by atoms with Crippen molar-refractivity contribution in [3.05, 3.63) is 47.5 Å². The fourth-order valence-electron chi connectivity index (χ4n) is 2.91. The number of aryl methyl sites for hydroxylation is 2. The number of aliphatic hydroxyl groups excluding tert-OH is 1. The average molecular weight is 286 g/mol. The van der Waals surface area contributed by atoms with E-state index in [1.54, 1.807) is 0 Å². The lowest BCUT2D eigenvalue weighted by atomic mass is 9.89. The normalized spacial score (nSPS) is 17.5. The van der Waals surface area contributed by atoms with Gasteiger partial charge in [0.05, 0.1) is 24.3 Å². The van der Waals surface area contributed by atoms with Crippen molar-refractivity contribution in [3.8, 4) is 5.75 Å². The van der Waals surface area contributed by atoms with E-state index in [1.807, 2.05) is 24.7 Å². The van der Waals surface area contributed by atoms with Crippen molar-refractivity contribution in [2.75, 3.05) is 0 Å². The molecule has 1 aliphatic carbocycles. The molecule has 0 spiro atoms. The van der Waals surface area contributed by atoms with Crippen molar-refractivity contribution in [1.29, 1.82) is 0 Å². The maximum Gasteiger partial charge on any atom is 0.130 e. The number of nitrogens with zero attached hydrogens (tertiary/aromatic N) is 2. The lowest BCUT2D eigenvalue weighted by Crippen LogP contribution is -2.10. The number of rotatable bonds is 5. The first-order valence-corrected chi connectivity index (χ1v) is 7.70. The Morgan fingerprint density at radius 1 is 1.43 bits per heavy atom. The van der Waals surface area contributed by atoms with Gasteiger partial charge in [-0.1, -0.05) is 13.0 Å². The smallest absolute Gasteiger partial charge is 0.130 e. The fourth-order valence-corrected chi connectivity index (χ4v) is 2.91. The molecule has 0 saturated carbocycles. The zero-order valence-corrected chi connectivity index (χ0v) is 12.5. The summed E-state index contributed by atoms with van der Waals surface area (Å²) in [6, 6.07) is 6.06. The Kier molecular flexibility index (Phi) is 4.25. The van der Waals surface area contributed by atoms with Crippen LogP contribution in [-0.4, -0.2) is 14.7 Å². The Bertz CT molecular complexity index is 607. The minimum Gasteiger partial charge on any atom is -0.487 e. The molecular formula is C17H22N2O2. The van der Waals surface area contributed by atoms with Gasteiger partial charge in [0.15, 0.2) is 0 Å². The molecule has 1 atom stereocenters. The van der Waals surface area contributed by atoms with E-state index in [4.69, 9.17) is 4.74 Å². The van der Waals surface area contributed by atoms with E-state index >= 15 is 0 Å². The van der Waals surface area contributed by atoms with Crippen LogP contribution in [0.15, 0.2) is 30.7 Å². The summed E-state index contributed by atoms with van der Waals surface area (Å²) in [4.78, 5) is 4.18. The third-order valence-corrected chi connectivity index (χ3v) is 4.05. The first kappa shape index (κ1) is 14.1. The fraction of sp³-hybridized carbons (Fsp3) is 0.471. The second-order valence-electron chi connectivity index (χ2n) is 5.64. The van der Waals surface area contributed by atoms with Crippen molar-refractivity contribution in [2.24, 2.45) is 0 Å². The SMILES string of the molecule is CCCn1cncc1COc1ccc2c(c1)C(O)CCC2. The van der Waals surface area contributed by atoms with Crippen LogP contribution in [0, 0.1) is 0 Å². The standard InChI is InChI=1S/C17H22N2O2/c1-2-8-19-12-18-10-14(19)11-21-15-7-6-13-4-3-5-17(20)16(13)9-15/h6-7,9-10,12,17,20H,2-5,8,11H2,1H3. The summed E-state index contributed by atoms with van der Waals surface area (Å²) in [7, 11) is 0. The largest absolute Gasteiger partial charge is 0.487 e. The molecule has 21 heavy (non-hydrogen) atoms. The third kappa shape index (κ3) is 3.10. The maximum absolute atomic E-state index is 10.1. The summed E-state index contributed by atoms with van der Waals surface area (Å²) < 4.78 is 8.00. The van der Waals surface area contributed by atoms with Crippen molar-refractivity contribution >= 4 is 0 Å². The minimum atomic E-state index is -0.345. The Balaban J connectivity index is 1.71. The molecule has 0 bridgehead atoms. The molecule has 1 heterocycles. The van der Waals surface area contributed by atoms with Crippen molar-refractivity contribution in [3.63, 3.8) is 0 Å². The van der Waals surface area contributed by atoms with Gasteiger partial charge in [0.2, 0.25) is 0 Å².